The molecule has 92 valence electrons. The molecule has 0 aliphatic rings. The van der Waals surface area contributed by atoms with Crippen LogP contribution in [-0.4, -0.2) is 8.42 Å². The Hall–Kier alpha value is -1.23. The van der Waals surface area contributed by atoms with Crippen molar-refractivity contribution < 1.29 is 17.2 Å². The average molecular weight is 281 g/mol. The SMILES string of the molecule is N#Cc1c(CN)cc(S(=O)(=O)Cl)cc1C(F)F. The number of benzene rings is 1. The van der Waals surface area contributed by atoms with Gasteiger partial charge in [-0.2, -0.15) is 5.26 Å². The number of nitrogens with zero attached hydrogens (tertiary/aromatic N) is 1. The molecule has 0 aliphatic heterocycles. The first-order chi connectivity index (χ1) is 7.81. The van der Waals surface area contributed by atoms with E-state index in [2.05, 4.69) is 0 Å². The molecular formula is C9H7ClF2N2O2S. The van der Waals surface area contributed by atoms with Crippen molar-refractivity contribution in [1.82, 2.24) is 0 Å². The van der Waals surface area contributed by atoms with Gasteiger partial charge in [0.2, 0.25) is 0 Å². The summed E-state index contributed by atoms with van der Waals surface area (Å²) in [4.78, 5) is -0.492. The molecule has 1 aromatic carbocycles. The minimum atomic E-state index is -4.14. The van der Waals surface area contributed by atoms with E-state index < -0.39 is 25.9 Å². The van der Waals surface area contributed by atoms with Crippen LogP contribution in [0.5, 0.6) is 0 Å². The maximum Gasteiger partial charge on any atom is 0.265 e. The van der Waals surface area contributed by atoms with Crippen molar-refractivity contribution >= 4 is 19.7 Å². The lowest BCUT2D eigenvalue weighted by atomic mass is 10.0. The zero-order valence-corrected chi connectivity index (χ0v) is 9.89. The van der Waals surface area contributed by atoms with Crippen LogP contribution in [0.1, 0.15) is 23.1 Å². The third-order valence-corrected chi connectivity index (χ3v) is 3.41. The van der Waals surface area contributed by atoms with Crippen LogP contribution in [0.3, 0.4) is 0 Å². The van der Waals surface area contributed by atoms with Gasteiger partial charge >= 0.3 is 0 Å². The Morgan fingerprint density at radius 1 is 1.47 bits per heavy atom. The smallest absolute Gasteiger partial charge is 0.265 e. The summed E-state index contributed by atoms with van der Waals surface area (Å²) in [6, 6.07) is 3.28. The van der Waals surface area contributed by atoms with Crippen molar-refractivity contribution in [3.63, 3.8) is 0 Å². The van der Waals surface area contributed by atoms with E-state index in [1.807, 2.05) is 0 Å². The summed E-state index contributed by atoms with van der Waals surface area (Å²) in [6.45, 7) is -0.233. The number of halogens is 3. The van der Waals surface area contributed by atoms with Crippen molar-refractivity contribution in [3.8, 4) is 6.07 Å². The highest BCUT2D eigenvalue weighted by atomic mass is 35.7. The molecule has 2 N–H and O–H groups in total. The molecule has 0 aromatic heterocycles. The molecule has 4 nitrogen and oxygen atoms in total. The summed E-state index contributed by atoms with van der Waals surface area (Å²) in [5.41, 5.74) is 4.29. The first kappa shape index (κ1) is 13.8. The van der Waals surface area contributed by atoms with Crippen LogP contribution in [0.4, 0.5) is 8.78 Å². The van der Waals surface area contributed by atoms with E-state index in [0.29, 0.717) is 6.07 Å². The van der Waals surface area contributed by atoms with Gasteiger partial charge in [-0.15, -0.1) is 0 Å². The summed E-state index contributed by atoms with van der Waals surface area (Å²) in [7, 11) is 0.921. The van der Waals surface area contributed by atoms with Gasteiger partial charge in [0.1, 0.15) is 0 Å². The lowest BCUT2D eigenvalue weighted by molar-refractivity contribution is 0.150. The highest BCUT2D eigenvalue weighted by Crippen LogP contribution is 2.29. The third kappa shape index (κ3) is 2.91. The van der Waals surface area contributed by atoms with E-state index in [-0.39, 0.29) is 17.7 Å². The summed E-state index contributed by atoms with van der Waals surface area (Å²) >= 11 is 0. The molecule has 1 rings (SSSR count). The zero-order valence-electron chi connectivity index (χ0n) is 8.32. The molecule has 0 radical (unpaired) electrons. The Labute approximate surface area is 101 Å². The second-order valence-electron chi connectivity index (χ2n) is 3.10. The van der Waals surface area contributed by atoms with Gasteiger partial charge in [-0.3, -0.25) is 0 Å². The maximum atomic E-state index is 12.7. The van der Waals surface area contributed by atoms with E-state index in [4.69, 9.17) is 21.7 Å². The van der Waals surface area contributed by atoms with Crippen LogP contribution in [0, 0.1) is 11.3 Å². The van der Waals surface area contributed by atoms with Crippen LogP contribution in [0.25, 0.3) is 0 Å². The van der Waals surface area contributed by atoms with Crippen molar-refractivity contribution in [1.29, 1.82) is 5.26 Å². The predicted molar refractivity (Wildman–Crippen MR) is 57.0 cm³/mol. The Kier molecular flexibility index (Phi) is 4.03. The Morgan fingerprint density at radius 2 is 2.06 bits per heavy atom. The quantitative estimate of drug-likeness (QED) is 0.857. The molecule has 0 fully saturated rings. The topological polar surface area (TPSA) is 83.9 Å². The van der Waals surface area contributed by atoms with Crippen LogP contribution in [-0.2, 0) is 15.6 Å². The first-order valence-electron chi connectivity index (χ1n) is 4.31. The summed E-state index contributed by atoms with van der Waals surface area (Å²) in [5, 5.41) is 8.75. The van der Waals surface area contributed by atoms with Gasteiger partial charge in [0.05, 0.1) is 16.5 Å². The lowest BCUT2D eigenvalue weighted by Gasteiger charge is -2.09. The number of hydrogen-bond donors (Lipinski definition) is 1. The number of nitrogens with two attached hydrogens (primary N) is 1. The Balaban J connectivity index is 3.65. The van der Waals surface area contributed by atoms with E-state index in [1.165, 1.54) is 0 Å². The van der Waals surface area contributed by atoms with E-state index in [0.717, 1.165) is 6.07 Å². The van der Waals surface area contributed by atoms with Crippen LogP contribution in [0.15, 0.2) is 17.0 Å². The molecule has 0 bridgehead atoms. The average Bonchev–Trinajstić information content (AvgIpc) is 2.25. The van der Waals surface area contributed by atoms with Crippen molar-refractivity contribution in [2.75, 3.05) is 0 Å². The normalized spacial score (nSPS) is 11.5. The van der Waals surface area contributed by atoms with E-state index >= 15 is 0 Å². The van der Waals surface area contributed by atoms with Gasteiger partial charge < -0.3 is 5.73 Å². The number of hydrogen-bond acceptors (Lipinski definition) is 4. The minimum absolute atomic E-state index is 0.0181. The van der Waals surface area contributed by atoms with E-state index in [1.54, 1.807) is 6.07 Å². The lowest BCUT2D eigenvalue weighted by Crippen LogP contribution is -2.06. The summed E-state index contributed by atoms with van der Waals surface area (Å²) < 4.78 is 47.5. The van der Waals surface area contributed by atoms with Crippen LogP contribution in [0.2, 0.25) is 0 Å². The first-order valence-corrected chi connectivity index (χ1v) is 6.62. The highest BCUT2D eigenvalue weighted by Gasteiger charge is 2.21. The monoisotopic (exact) mass is 280 g/mol. The van der Waals surface area contributed by atoms with E-state index in [9.17, 15) is 17.2 Å². The molecule has 0 atom stereocenters. The number of nitriles is 1. The molecule has 0 aliphatic carbocycles. The molecule has 8 heteroatoms. The largest absolute Gasteiger partial charge is 0.326 e. The summed E-state index contributed by atoms with van der Waals surface area (Å²) in [6.07, 6.45) is -2.98. The standard InChI is InChI=1S/C9H7ClF2N2O2S/c10-17(15,16)6-1-5(3-13)8(4-14)7(2-6)9(11)12/h1-2,9H,3,13H2. The molecule has 0 saturated heterocycles. The predicted octanol–water partition coefficient (Wildman–Crippen LogP) is 1.88. The fourth-order valence-corrected chi connectivity index (χ4v) is 2.12. The summed E-state index contributed by atoms with van der Waals surface area (Å²) in [5.74, 6) is 0. The number of alkyl halides is 2. The van der Waals surface area contributed by atoms with Gasteiger partial charge in [-0.05, 0) is 17.7 Å². The highest BCUT2D eigenvalue weighted by molar-refractivity contribution is 8.13. The van der Waals surface area contributed by atoms with Gasteiger partial charge in [0.25, 0.3) is 15.5 Å². The van der Waals surface area contributed by atoms with Crippen molar-refractivity contribution in [3.05, 3.63) is 28.8 Å². The molecule has 0 unspecified atom stereocenters. The molecular weight excluding hydrogens is 274 g/mol. The molecule has 17 heavy (non-hydrogen) atoms. The molecule has 0 heterocycles. The third-order valence-electron chi connectivity index (χ3n) is 2.07. The molecule has 0 amide bonds. The van der Waals surface area contributed by atoms with Gasteiger partial charge in [-0.25, -0.2) is 17.2 Å². The van der Waals surface area contributed by atoms with Gasteiger partial charge in [0.15, 0.2) is 0 Å². The molecule has 0 saturated carbocycles. The second-order valence-corrected chi connectivity index (χ2v) is 5.67. The van der Waals surface area contributed by atoms with Crippen molar-refractivity contribution in [2.24, 2.45) is 5.73 Å². The minimum Gasteiger partial charge on any atom is -0.326 e. The van der Waals surface area contributed by atoms with Gasteiger partial charge in [0, 0.05) is 22.8 Å². The molecule has 1 aromatic rings. The van der Waals surface area contributed by atoms with Crippen molar-refractivity contribution in [2.45, 2.75) is 17.9 Å². The fraction of sp³-hybridized carbons (Fsp3) is 0.222. The van der Waals surface area contributed by atoms with Crippen LogP contribution < -0.4 is 5.73 Å². The molecule has 0 spiro atoms. The van der Waals surface area contributed by atoms with Crippen LogP contribution >= 0.6 is 10.7 Å². The fourth-order valence-electron chi connectivity index (χ4n) is 1.31. The van der Waals surface area contributed by atoms with Gasteiger partial charge in [-0.1, -0.05) is 0 Å². The Morgan fingerprint density at radius 3 is 2.41 bits per heavy atom. The Bertz CT molecular complexity index is 581. The zero-order chi connectivity index (χ0) is 13.2. The maximum absolute atomic E-state index is 12.7. The second kappa shape index (κ2) is 4.96. The number of rotatable bonds is 3.